The van der Waals surface area contributed by atoms with Crippen LogP contribution in [0.1, 0.15) is 32.1 Å². The van der Waals surface area contributed by atoms with Crippen LogP contribution in [0.15, 0.2) is 30.6 Å². The molecule has 3 saturated carbocycles. The molecule has 0 unspecified atom stereocenters. The van der Waals surface area contributed by atoms with Crippen LogP contribution >= 0.6 is 0 Å². The number of methoxy groups -OCH3 is 1. The second kappa shape index (κ2) is 9.74. The lowest BCUT2D eigenvalue weighted by Gasteiger charge is -2.56. The van der Waals surface area contributed by atoms with Gasteiger partial charge >= 0.3 is 12.3 Å². The molecule has 204 valence electrons. The predicted molar refractivity (Wildman–Crippen MR) is 123 cm³/mol. The van der Waals surface area contributed by atoms with Crippen molar-refractivity contribution in [2.24, 2.45) is 0 Å². The number of carbonyl (C=O) groups excluding carboxylic acids is 2. The average molecular weight is 536 g/mol. The average Bonchev–Trinajstić information content (AvgIpc) is 3.20. The van der Waals surface area contributed by atoms with Crippen molar-refractivity contribution in [1.82, 2.24) is 20.6 Å². The van der Waals surface area contributed by atoms with Crippen LogP contribution < -0.4 is 34.3 Å². The number of halogens is 2. The summed E-state index contributed by atoms with van der Waals surface area (Å²) in [6.07, 6.45) is 0.432. The summed E-state index contributed by atoms with van der Waals surface area (Å²) < 4.78 is 50.8. The number of alkyl halides is 2. The first-order chi connectivity index (χ1) is 18.1. The Morgan fingerprint density at radius 1 is 1.00 bits per heavy atom. The number of ether oxygens (including phenoxy) is 5. The second-order valence-corrected chi connectivity index (χ2v) is 9.51. The molecule has 1 aromatic carbocycles. The monoisotopic (exact) mass is 536 g/mol. The fourth-order valence-electron chi connectivity index (χ4n) is 5.11. The third-order valence-electron chi connectivity index (χ3n) is 7.01. The van der Waals surface area contributed by atoms with Gasteiger partial charge in [-0.3, -0.25) is 9.59 Å². The third-order valence-corrected chi connectivity index (χ3v) is 7.01. The number of benzene rings is 1. The van der Waals surface area contributed by atoms with E-state index in [1.807, 2.05) is 0 Å². The molecule has 3 N–H and O–H groups in total. The zero-order valence-corrected chi connectivity index (χ0v) is 20.4. The number of hydrogen-bond donors (Lipinski definition) is 3. The van der Waals surface area contributed by atoms with E-state index < -0.39 is 36.0 Å². The normalized spacial score (nSPS) is 26.4. The predicted octanol–water partition coefficient (Wildman–Crippen LogP) is 1.31. The number of nitrogens with one attached hydrogen (secondary N) is 2. The third kappa shape index (κ3) is 5.35. The SMILES string of the molecule is COc1ncc(OCC(=O)NC23CCC(NC(=O)COc4ccc5c(c4)OC(F)(F)O5)(CC2)[C@@H](O)C3)cn1. The lowest BCUT2D eigenvalue weighted by atomic mass is 9.60. The molecule has 14 heteroatoms. The minimum atomic E-state index is -3.75. The molecule has 0 saturated heterocycles. The number of aromatic nitrogens is 2. The highest BCUT2D eigenvalue weighted by Gasteiger charge is 2.55. The Labute approximate surface area is 215 Å². The topological polar surface area (TPSA) is 150 Å². The quantitative estimate of drug-likeness (QED) is 0.428. The largest absolute Gasteiger partial charge is 0.586 e. The fourth-order valence-corrected chi connectivity index (χ4v) is 5.11. The van der Waals surface area contributed by atoms with Gasteiger partial charge in [0.25, 0.3) is 11.8 Å². The summed E-state index contributed by atoms with van der Waals surface area (Å²) in [5, 5.41) is 16.8. The molecule has 38 heavy (non-hydrogen) atoms. The first kappa shape index (κ1) is 25.7. The van der Waals surface area contributed by atoms with Crippen LogP contribution in [0.25, 0.3) is 0 Å². The fraction of sp³-hybridized carbons (Fsp3) is 0.500. The Hall–Kier alpha value is -3.94. The van der Waals surface area contributed by atoms with Crippen molar-refractivity contribution in [3.63, 3.8) is 0 Å². The zero-order valence-electron chi connectivity index (χ0n) is 20.4. The summed E-state index contributed by atoms with van der Waals surface area (Å²) in [4.78, 5) is 33.0. The van der Waals surface area contributed by atoms with Gasteiger partial charge in [-0.15, -0.1) is 8.78 Å². The van der Waals surface area contributed by atoms with E-state index in [0.29, 0.717) is 31.4 Å². The summed E-state index contributed by atoms with van der Waals surface area (Å²) in [6, 6.07) is 4.03. The highest BCUT2D eigenvalue weighted by Crippen LogP contribution is 2.47. The molecular weight excluding hydrogens is 510 g/mol. The van der Waals surface area contributed by atoms with Crippen LogP contribution in [0.4, 0.5) is 8.78 Å². The summed E-state index contributed by atoms with van der Waals surface area (Å²) in [5.74, 6) is -0.677. The lowest BCUT2D eigenvalue weighted by Crippen LogP contribution is -2.70. The van der Waals surface area contributed by atoms with Crippen molar-refractivity contribution >= 4 is 11.8 Å². The minimum Gasteiger partial charge on any atom is -0.484 e. The van der Waals surface area contributed by atoms with E-state index in [1.54, 1.807) is 0 Å². The van der Waals surface area contributed by atoms with Crippen LogP contribution in [0, 0.1) is 0 Å². The van der Waals surface area contributed by atoms with Gasteiger partial charge in [0.1, 0.15) is 5.75 Å². The summed E-state index contributed by atoms with van der Waals surface area (Å²) in [5.41, 5.74) is -1.45. The maximum Gasteiger partial charge on any atom is 0.586 e. The van der Waals surface area contributed by atoms with Crippen molar-refractivity contribution in [1.29, 1.82) is 0 Å². The van der Waals surface area contributed by atoms with Gasteiger partial charge in [-0.1, -0.05) is 0 Å². The van der Waals surface area contributed by atoms with E-state index in [2.05, 4.69) is 30.1 Å². The number of carbonyl (C=O) groups is 2. The minimum absolute atomic E-state index is 0.130. The maximum atomic E-state index is 13.2. The molecule has 2 bridgehead atoms. The van der Waals surface area contributed by atoms with E-state index >= 15 is 0 Å². The van der Waals surface area contributed by atoms with Crippen LogP contribution in [0.5, 0.6) is 29.0 Å². The van der Waals surface area contributed by atoms with E-state index in [-0.39, 0.29) is 42.2 Å². The van der Waals surface area contributed by atoms with E-state index in [0.717, 1.165) is 0 Å². The maximum absolute atomic E-state index is 13.2. The molecule has 1 atom stereocenters. The Bertz CT molecular complexity index is 1200. The van der Waals surface area contributed by atoms with Crippen LogP contribution in [-0.4, -0.2) is 70.7 Å². The Morgan fingerprint density at radius 2 is 1.63 bits per heavy atom. The molecule has 1 aromatic heterocycles. The van der Waals surface area contributed by atoms with Crippen molar-refractivity contribution < 1.29 is 47.2 Å². The van der Waals surface area contributed by atoms with E-state index in [1.165, 1.54) is 37.7 Å². The van der Waals surface area contributed by atoms with Gasteiger partial charge in [0.15, 0.2) is 30.5 Å². The lowest BCUT2D eigenvalue weighted by molar-refractivity contribution is -0.286. The van der Waals surface area contributed by atoms with Gasteiger partial charge in [-0.25, -0.2) is 0 Å². The summed E-state index contributed by atoms with van der Waals surface area (Å²) >= 11 is 0. The summed E-state index contributed by atoms with van der Waals surface area (Å²) in [6.45, 7) is -0.636. The number of nitrogens with zero attached hydrogens (tertiary/aromatic N) is 2. The molecule has 12 nitrogen and oxygen atoms in total. The highest BCUT2D eigenvalue weighted by atomic mass is 19.3. The smallest absolute Gasteiger partial charge is 0.484 e. The highest BCUT2D eigenvalue weighted by molar-refractivity contribution is 5.79. The van der Waals surface area contributed by atoms with E-state index in [4.69, 9.17) is 14.2 Å². The van der Waals surface area contributed by atoms with Crippen molar-refractivity contribution in [3.05, 3.63) is 30.6 Å². The standard InChI is InChI=1S/C24H26F2N4O8/c1-34-21-27-10-15(11-28-21)36-12-19(32)29-22-4-6-23(7-5-22,18(31)9-22)30-20(33)13-35-14-2-3-16-17(8-14)38-24(25,26)37-16/h2-3,8,10-11,18,31H,4-7,9,12-13H2,1H3,(H,29,32)(H,30,33)/t18-,22?,23?/m0/s1. The Kier molecular flexibility index (Phi) is 6.59. The molecule has 2 amide bonds. The number of hydrogen-bond acceptors (Lipinski definition) is 10. The van der Waals surface area contributed by atoms with Gasteiger partial charge < -0.3 is 39.4 Å². The van der Waals surface area contributed by atoms with Gasteiger partial charge in [-0.05, 0) is 44.2 Å². The molecule has 3 aliphatic carbocycles. The summed E-state index contributed by atoms with van der Waals surface area (Å²) in [7, 11) is 1.44. The zero-order chi connectivity index (χ0) is 27.0. The molecule has 3 fully saturated rings. The van der Waals surface area contributed by atoms with Crippen LogP contribution in [0.2, 0.25) is 0 Å². The molecule has 0 spiro atoms. The van der Waals surface area contributed by atoms with Crippen molar-refractivity contribution in [2.45, 2.75) is 55.6 Å². The van der Waals surface area contributed by atoms with Crippen molar-refractivity contribution in [3.8, 4) is 29.0 Å². The first-order valence-corrected chi connectivity index (χ1v) is 11.9. The number of aliphatic hydroxyl groups is 1. The van der Waals surface area contributed by atoms with Crippen molar-refractivity contribution in [2.75, 3.05) is 20.3 Å². The first-order valence-electron chi connectivity index (χ1n) is 11.9. The molecule has 1 aliphatic heterocycles. The molecule has 2 heterocycles. The van der Waals surface area contributed by atoms with Crippen LogP contribution in [-0.2, 0) is 9.59 Å². The Balaban J connectivity index is 1.10. The number of rotatable bonds is 9. The molecule has 0 radical (unpaired) electrons. The van der Waals surface area contributed by atoms with Gasteiger partial charge in [0, 0.05) is 11.6 Å². The molecule has 2 aromatic rings. The Morgan fingerprint density at radius 3 is 2.29 bits per heavy atom. The molecule has 4 aliphatic rings. The molecular formula is C24H26F2N4O8. The van der Waals surface area contributed by atoms with Gasteiger partial charge in [-0.2, -0.15) is 9.97 Å². The second-order valence-electron chi connectivity index (χ2n) is 9.51. The van der Waals surface area contributed by atoms with Gasteiger partial charge in [0.2, 0.25) is 0 Å². The number of amides is 2. The molecule has 6 rings (SSSR count). The number of fused-ring (bicyclic) bond motifs is 4. The number of aliphatic hydroxyl groups excluding tert-OH is 1. The van der Waals surface area contributed by atoms with E-state index in [9.17, 15) is 23.5 Å². The van der Waals surface area contributed by atoms with Gasteiger partial charge in [0.05, 0.1) is 31.1 Å². The van der Waals surface area contributed by atoms with Crippen LogP contribution in [0.3, 0.4) is 0 Å².